The van der Waals surface area contributed by atoms with Crippen LogP contribution in [0.4, 0.5) is 0 Å². The highest BCUT2D eigenvalue weighted by Crippen LogP contribution is 2.19. The third-order valence-electron chi connectivity index (χ3n) is 4.04. The molecule has 2 heterocycles. The van der Waals surface area contributed by atoms with E-state index < -0.39 is 10.0 Å². The van der Waals surface area contributed by atoms with Gasteiger partial charge in [-0.2, -0.15) is 5.10 Å². The minimum Gasteiger partial charge on any atom is -0.313 e. The predicted octanol–water partition coefficient (Wildman–Crippen LogP) is 0.280. The van der Waals surface area contributed by atoms with Crippen molar-refractivity contribution in [2.75, 3.05) is 20.1 Å². The minimum absolute atomic E-state index is 0.0171. The quantitative estimate of drug-likeness (QED) is 0.701. The molecule has 2 rings (SSSR count). The van der Waals surface area contributed by atoms with Gasteiger partial charge in [0.2, 0.25) is 0 Å². The predicted molar refractivity (Wildman–Crippen MR) is 81.4 cm³/mol. The van der Waals surface area contributed by atoms with Crippen molar-refractivity contribution in [3.63, 3.8) is 0 Å². The minimum atomic E-state index is -3.55. The third kappa shape index (κ3) is 4.03. The van der Waals surface area contributed by atoms with Gasteiger partial charge in [-0.25, -0.2) is 13.1 Å². The molecule has 2 atom stereocenters. The van der Waals surface area contributed by atoms with Crippen LogP contribution in [-0.2, 0) is 16.6 Å². The first-order valence-electron chi connectivity index (χ1n) is 7.39. The Labute approximate surface area is 126 Å². The van der Waals surface area contributed by atoms with Gasteiger partial charge in [-0.1, -0.05) is 6.92 Å². The van der Waals surface area contributed by atoms with Crippen LogP contribution in [-0.4, -0.2) is 55.7 Å². The van der Waals surface area contributed by atoms with E-state index in [1.165, 1.54) is 0 Å². The van der Waals surface area contributed by atoms with E-state index in [0.717, 1.165) is 25.9 Å². The summed E-state index contributed by atoms with van der Waals surface area (Å²) in [5.41, 5.74) is 0.672. The van der Waals surface area contributed by atoms with Crippen molar-refractivity contribution in [1.29, 1.82) is 0 Å². The number of nitrogens with one attached hydrogen (secondary N) is 3. The maximum Gasteiger partial charge on any atom is 0.258 e. The second-order valence-electron chi connectivity index (χ2n) is 5.68. The Morgan fingerprint density at radius 1 is 1.52 bits per heavy atom. The first-order valence-corrected chi connectivity index (χ1v) is 8.88. The standard InChI is InChI=1S/C13H25N5O2S/c1-4-14-8-11-9-15-16-13(11)21(19,20)17-12-5-6-18(3)10(2)7-12/h9-10,12,14,17H,4-8H2,1-3H3,(H,15,16). The molecule has 8 heteroatoms. The van der Waals surface area contributed by atoms with Crippen molar-refractivity contribution < 1.29 is 8.42 Å². The number of hydrogen-bond donors (Lipinski definition) is 3. The van der Waals surface area contributed by atoms with Gasteiger partial charge < -0.3 is 10.2 Å². The van der Waals surface area contributed by atoms with Crippen molar-refractivity contribution in [3.8, 4) is 0 Å². The largest absolute Gasteiger partial charge is 0.313 e. The molecule has 0 bridgehead atoms. The second kappa shape index (κ2) is 6.87. The summed E-state index contributed by atoms with van der Waals surface area (Å²) < 4.78 is 27.8. The van der Waals surface area contributed by atoms with Crippen LogP contribution in [0.5, 0.6) is 0 Å². The average Bonchev–Trinajstić information content (AvgIpc) is 2.89. The van der Waals surface area contributed by atoms with Gasteiger partial charge in [-0.3, -0.25) is 5.10 Å². The maximum atomic E-state index is 12.5. The van der Waals surface area contributed by atoms with E-state index in [9.17, 15) is 8.42 Å². The van der Waals surface area contributed by atoms with Crippen LogP contribution in [0.15, 0.2) is 11.2 Å². The number of nitrogens with zero attached hydrogens (tertiary/aromatic N) is 2. The lowest BCUT2D eigenvalue weighted by Gasteiger charge is -2.35. The van der Waals surface area contributed by atoms with Gasteiger partial charge in [-0.15, -0.1) is 0 Å². The van der Waals surface area contributed by atoms with Gasteiger partial charge >= 0.3 is 0 Å². The summed E-state index contributed by atoms with van der Waals surface area (Å²) in [5, 5.41) is 9.78. The molecule has 0 amide bonds. The Kier molecular flexibility index (Phi) is 5.37. The Hall–Kier alpha value is -0.960. The Morgan fingerprint density at radius 3 is 2.95 bits per heavy atom. The van der Waals surface area contributed by atoms with Crippen molar-refractivity contribution in [1.82, 2.24) is 25.1 Å². The smallest absolute Gasteiger partial charge is 0.258 e. The third-order valence-corrected chi connectivity index (χ3v) is 5.58. The highest BCUT2D eigenvalue weighted by Gasteiger charge is 2.29. The first kappa shape index (κ1) is 16.4. The van der Waals surface area contributed by atoms with Crippen molar-refractivity contribution >= 4 is 10.0 Å². The molecule has 1 aromatic heterocycles. The summed E-state index contributed by atoms with van der Waals surface area (Å²) >= 11 is 0. The molecule has 0 saturated carbocycles. The molecule has 21 heavy (non-hydrogen) atoms. The number of sulfonamides is 1. The molecule has 0 aliphatic carbocycles. The SMILES string of the molecule is CCNCc1cn[nH]c1S(=O)(=O)NC1CCN(C)C(C)C1. The van der Waals surface area contributed by atoms with Crippen LogP contribution < -0.4 is 10.0 Å². The molecular weight excluding hydrogens is 290 g/mol. The number of hydrogen-bond acceptors (Lipinski definition) is 5. The zero-order valence-corrected chi connectivity index (χ0v) is 13.7. The summed E-state index contributed by atoms with van der Waals surface area (Å²) in [7, 11) is -1.48. The zero-order chi connectivity index (χ0) is 15.5. The van der Waals surface area contributed by atoms with Gasteiger partial charge in [0.1, 0.15) is 0 Å². The molecule has 2 unspecified atom stereocenters. The molecule has 1 saturated heterocycles. The van der Waals surface area contributed by atoms with Crippen LogP contribution >= 0.6 is 0 Å². The molecule has 1 aromatic rings. The van der Waals surface area contributed by atoms with Gasteiger partial charge in [0.25, 0.3) is 10.0 Å². The molecule has 0 aromatic carbocycles. The number of H-pyrrole nitrogens is 1. The van der Waals surface area contributed by atoms with Crippen LogP contribution in [0.1, 0.15) is 32.3 Å². The normalized spacial score (nSPS) is 24.3. The lowest BCUT2D eigenvalue weighted by atomic mass is 10.0. The van der Waals surface area contributed by atoms with Crippen LogP contribution in [0.25, 0.3) is 0 Å². The van der Waals surface area contributed by atoms with Crippen molar-refractivity contribution in [3.05, 3.63) is 11.8 Å². The van der Waals surface area contributed by atoms with Crippen LogP contribution in [0, 0.1) is 0 Å². The second-order valence-corrected chi connectivity index (χ2v) is 7.33. The van der Waals surface area contributed by atoms with E-state index in [4.69, 9.17) is 0 Å². The molecule has 120 valence electrons. The van der Waals surface area contributed by atoms with Crippen molar-refractivity contribution in [2.24, 2.45) is 0 Å². The summed E-state index contributed by atoms with van der Waals surface area (Å²) in [4.78, 5) is 2.25. The Morgan fingerprint density at radius 2 is 2.29 bits per heavy atom. The number of piperidine rings is 1. The molecular formula is C13H25N5O2S. The fourth-order valence-corrected chi connectivity index (χ4v) is 4.01. The highest BCUT2D eigenvalue weighted by molar-refractivity contribution is 7.89. The van der Waals surface area contributed by atoms with E-state index in [0.29, 0.717) is 18.2 Å². The molecule has 1 aliphatic heterocycles. The number of aromatic amines is 1. The van der Waals surface area contributed by atoms with Crippen LogP contribution in [0.2, 0.25) is 0 Å². The van der Waals surface area contributed by atoms with Gasteiger partial charge in [-0.05, 0) is 39.9 Å². The lowest BCUT2D eigenvalue weighted by molar-refractivity contribution is 0.178. The van der Waals surface area contributed by atoms with E-state index >= 15 is 0 Å². The fourth-order valence-electron chi connectivity index (χ4n) is 2.59. The van der Waals surface area contributed by atoms with Gasteiger partial charge in [0.15, 0.2) is 5.03 Å². The van der Waals surface area contributed by atoms with Crippen molar-refractivity contribution in [2.45, 2.75) is 50.3 Å². The molecule has 7 nitrogen and oxygen atoms in total. The van der Waals surface area contributed by atoms with Gasteiger partial charge in [0.05, 0.1) is 6.20 Å². The topological polar surface area (TPSA) is 90.1 Å². The number of likely N-dealkylation sites (tertiary alicyclic amines) is 1. The zero-order valence-electron chi connectivity index (χ0n) is 12.9. The molecule has 0 spiro atoms. The van der Waals surface area contributed by atoms with E-state index in [2.05, 4.69) is 39.1 Å². The Balaban J connectivity index is 2.06. The van der Waals surface area contributed by atoms with Crippen LogP contribution in [0.3, 0.4) is 0 Å². The number of rotatable bonds is 6. The monoisotopic (exact) mass is 315 g/mol. The molecule has 3 N–H and O–H groups in total. The van der Waals surface area contributed by atoms with E-state index in [1.807, 2.05) is 6.92 Å². The maximum absolute atomic E-state index is 12.5. The van der Waals surface area contributed by atoms with Gasteiger partial charge in [0, 0.05) is 24.2 Å². The molecule has 0 radical (unpaired) electrons. The first-order chi connectivity index (χ1) is 9.94. The highest BCUT2D eigenvalue weighted by atomic mass is 32.2. The fraction of sp³-hybridized carbons (Fsp3) is 0.769. The summed E-state index contributed by atoms with van der Waals surface area (Å²) in [6, 6.07) is 0.367. The molecule has 1 aliphatic rings. The lowest BCUT2D eigenvalue weighted by Crippen LogP contribution is -2.47. The Bertz CT molecular complexity index is 557. The van der Waals surface area contributed by atoms with E-state index in [1.54, 1.807) is 6.20 Å². The molecule has 1 fully saturated rings. The summed E-state index contributed by atoms with van der Waals surface area (Å²) in [5.74, 6) is 0. The average molecular weight is 315 g/mol. The van der Waals surface area contributed by atoms with E-state index in [-0.39, 0.29) is 11.1 Å². The summed E-state index contributed by atoms with van der Waals surface area (Å²) in [6.07, 6.45) is 3.22. The summed E-state index contributed by atoms with van der Waals surface area (Å²) in [6.45, 7) is 6.28. The number of aromatic nitrogens is 2.